The first-order valence-corrected chi connectivity index (χ1v) is 7.69. The second kappa shape index (κ2) is 4.29. The third-order valence-corrected chi connectivity index (χ3v) is 4.94. The van der Waals surface area contributed by atoms with Crippen LogP contribution in [0.1, 0.15) is 54.5 Å². The molecule has 0 radical (unpaired) electrons. The highest BCUT2D eigenvalue weighted by Gasteiger charge is 2.55. The van der Waals surface area contributed by atoms with Crippen LogP contribution in [0.4, 0.5) is 4.39 Å². The van der Waals surface area contributed by atoms with Gasteiger partial charge in [0.15, 0.2) is 5.69 Å². The Morgan fingerprint density at radius 2 is 2.14 bits per heavy atom. The monoisotopic (exact) mass is 293 g/mol. The summed E-state index contributed by atoms with van der Waals surface area (Å²) < 4.78 is 20.1. The van der Waals surface area contributed by atoms with E-state index in [4.69, 9.17) is 4.74 Å². The van der Waals surface area contributed by atoms with Crippen LogP contribution < -0.4 is 0 Å². The maximum atomic E-state index is 14.4. The lowest BCUT2D eigenvalue weighted by atomic mass is 9.90. The maximum absolute atomic E-state index is 14.4. The van der Waals surface area contributed by atoms with Crippen LogP contribution in [0.2, 0.25) is 0 Å². The third-order valence-electron chi connectivity index (χ3n) is 4.94. The Hall–Kier alpha value is -1.43. The van der Waals surface area contributed by atoms with Gasteiger partial charge in [0.25, 0.3) is 5.91 Å². The molecule has 2 aliphatic heterocycles. The number of nitrogens with one attached hydrogen (secondary N) is 1. The van der Waals surface area contributed by atoms with Gasteiger partial charge in [-0.25, -0.2) is 4.39 Å². The van der Waals surface area contributed by atoms with E-state index in [9.17, 15) is 9.18 Å². The average Bonchev–Trinajstić information content (AvgIpc) is 3.15. The van der Waals surface area contributed by atoms with Gasteiger partial charge in [0.05, 0.1) is 31.0 Å². The molecule has 2 atom stereocenters. The molecule has 6 heteroatoms. The van der Waals surface area contributed by atoms with Crippen molar-refractivity contribution in [2.75, 3.05) is 13.1 Å². The first-order valence-electron chi connectivity index (χ1n) is 7.69. The van der Waals surface area contributed by atoms with Crippen molar-refractivity contribution < 1.29 is 13.9 Å². The Bertz CT molecular complexity index is 590. The van der Waals surface area contributed by atoms with Crippen LogP contribution in [0.25, 0.3) is 0 Å². The fourth-order valence-electron chi connectivity index (χ4n) is 3.59. The number of hydrogen-bond donors (Lipinski definition) is 1. The van der Waals surface area contributed by atoms with Crippen molar-refractivity contribution in [3.8, 4) is 0 Å². The SMILES string of the molecule is C[C@@H]1Cc2c(C(=O)N3CC(F)(C4CC4)C3)n[nH]c2[C@H](C)O1. The number of hydrogen-bond acceptors (Lipinski definition) is 3. The number of likely N-dealkylation sites (tertiary alicyclic amines) is 1. The summed E-state index contributed by atoms with van der Waals surface area (Å²) in [5.41, 5.74) is 1.12. The number of rotatable bonds is 2. The van der Waals surface area contributed by atoms with E-state index >= 15 is 0 Å². The number of aromatic nitrogens is 2. The molecule has 0 unspecified atom stereocenters. The molecule has 5 nitrogen and oxygen atoms in total. The van der Waals surface area contributed by atoms with Crippen LogP contribution >= 0.6 is 0 Å². The van der Waals surface area contributed by atoms with Crippen LogP contribution in [-0.2, 0) is 11.2 Å². The molecule has 3 aliphatic rings. The van der Waals surface area contributed by atoms with Crippen molar-refractivity contribution in [2.45, 2.75) is 51.0 Å². The predicted molar refractivity (Wildman–Crippen MR) is 73.7 cm³/mol. The molecule has 1 aromatic heterocycles. The highest BCUT2D eigenvalue weighted by Crippen LogP contribution is 2.47. The number of amides is 1. The lowest BCUT2D eigenvalue weighted by molar-refractivity contribution is -0.0343. The van der Waals surface area contributed by atoms with Crippen molar-refractivity contribution >= 4 is 5.91 Å². The summed E-state index contributed by atoms with van der Waals surface area (Å²) in [6, 6.07) is 0. The zero-order valence-corrected chi connectivity index (χ0v) is 12.4. The van der Waals surface area contributed by atoms with Gasteiger partial charge in [0, 0.05) is 12.0 Å². The number of ether oxygens (including phenoxy) is 1. The topological polar surface area (TPSA) is 58.2 Å². The second-order valence-electron chi connectivity index (χ2n) is 6.73. The zero-order chi connectivity index (χ0) is 14.8. The van der Waals surface area contributed by atoms with E-state index in [0.29, 0.717) is 12.1 Å². The molecule has 1 amide bonds. The van der Waals surface area contributed by atoms with E-state index in [1.165, 1.54) is 0 Å². The van der Waals surface area contributed by atoms with Crippen molar-refractivity contribution in [3.63, 3.8) is 0 Å². The molecule has 2 fully saturated rings. The van der Waals surface area contributed by atoms with E-state index in [0.717, 1.165) is 24.1 Å². The van der Waals surface area contributed by atoms with Gasteiger partial charge in [-0.1, -0.05) is 0 Å². The Balaban J connectivity index is 1.54. The molecule has 0 bridgehead atoms. The molecular formula is C15H20FN3O2. The van der Waals surface area contributed by atoms with E-state index < -0.39 is 5.67 Å². The molecule has 1 saturated carbocycles. The highest BCUT2D eigenvalue weighted by molar-refractivity contribution is 5.94. The predicted octanol–water partition coefficient (Wildman–Crippen LogP) is 2.01. The van der Waals surface area contributed by atoms with Crippen molar-refractivity contribution in [1.82, 2.24) is 15.1 Å². The summed E-state index contributed by atoms with van der Waals surface area (Å²) in [5, 5.41) is 7.10. The number of H-pyrrole nitrogens is 1. The molecule has 1 aliphatic carbocycles. The lowest BCUT2D eigenvalue weighted by Crippen LogP contribution is -2.62. The van der Waals surface area contributed by atoms with Gasteiger partial charge in [-0.3, -0.25) is 9.89 Å². The Kier molecular flexibility index (Phi) is 2.70. The van der Waals surface area contributed by atoms with Crippen LogP contribution in [0.3, 0.4) is 0 Å². The third kappa shape index (κ3) is 1.99. The Labute approximate surface area is 122 Å². The number of fused-ring (bicyclic) bond motifs is 1. The molecule has 21 heavy (non-hydrogen) atoms. The van der Waals surface area contributed by atoms with Gasteiger partial charge in [0.1, 0.15) is 5.67 Å². The van der Waals surface area contributed by atoms with E-state index in [1.807, 2.05) is 13.8 Å². The van der Waals surface area contributed by atoms with Crippen molar-refractivity contribution in [3.05, 3.63) is 17.0 Å². The van der Waals surface area contributed by atoms with Gasteiger partial charge >= 0.3 is 0 Å². The van der Waals surface area contributed by atoms with Gasteiger partial charge in [-0.15, -0.1) is 0 Å². The maximum Gasteiger partial charge on any atom is 0.274 e. The number of carbonyl (C=O) groups excluding carboxylic acids is 1. The number of nitrogens with zero attached hydrogens (tertiary/aromatic N) is 2. The molecular weight excluding hydrogens is 273 g/mol. The fourth-order valence-corrected chi connectivity index (χ4v) is 3.59. The minimum Gasteiger partial charge on any atom is -0.369 e. The molecule has 3 heterocycles. The first-order chi connectivity index (χ1) is 9.98. The van der Waals surface area contributed by atoms with Crippen LogP contribution in [0.15, 0.2) is 0 Å². The van der Waals surface area contributed by atoms with Crippen molar-refractivity contribution in [2.24, 2.45) is 5.92 Å². The smallest absolute Gasteiger partial charge is 0.274 e. The van der Waals surface area contributed by atoms with Crippen LogP contribution in [0, 0.1) is 5.92 Å². The zero-order valence-electron chi connectivity index (χ0n) is 12.4. The summed E-state index contributed by atoms with van der Waals surface area (Å²) in [6.45, 7) is 4.38. The minimum absolute atomic E-state index is 0.0692. The molecule has 1 N–H and O–H groups in total. The second-order valence-corrected chi connectivity index (χ2v) is 6.73. The van der Waals surface area contributed by atoms with Gasteiger partial charge in [-0.05, 0) is 32.6 Å². The quantitative estimate of drug-likeness (QED) is 0.907. The lowest BCUT2D eigenvalue weighted by Gasteiger charge is -2.44. The summed E-state index contributed by atoms with van der Waals surface area (Å²) in [6.07, 6.45) is 2.58. The summed E-state index contributed by atoms with van der Waals surface area (Å²) in [4.78, 5) is 14.1. The van der Waals surface area contributed by atoms with E-state index in [-0.39, 0.29) is 37.1 Å². The van der Waals surface area contributed by atoms with Gasteiger partial charge in [0.2, 0.25) is 0 Å². The Morgan fingerprint density at radius 3 is 2.81 bits per heavy atom. The number of aromatic amines is 1. The highest BCUT2D eigenvalue weighted by atomic mass is 19.1. The standard InChI is InChI=1S/C15H20FN3O2/c1-8-5-11-12(9(2)21-8)17-18-13(11)14(20)19-6-15(16,7-19)10-3-4-10/h8-10H,3-7H2,1-2H3,(H,17,18)/t8-,9+/m1/s1. The minimum atomic E-state index is -1.14. The summed E-state index contributed by atoms with van der Waals surface area (Å²) in [7, 11) is 0. The first kappa shape index (κ1) is 13.2. The largest absolute Gasteiger partial charge is 0.369 e. The van der Waals surface area contributed by atoms with Gasteiger partial charge in [-0.2, -0.15) is 5.10 Å². The number of carbonyl (C=O) groups is 1. The molecule has 4 rings (SSSR count). The van der Waals surface area contributed by atoms with Crippen LogP contribution in [0.5, 0.6) is 0 Å². The van der Waals surface area contributed by atoms with E-state index in [2.05, 4.69) is 10.2 Å². The fraction of sp³-hybridized carbons (Fsp3) is 0.733. The number of halogens is 1. The summed E-state index contributed by atoms with van der Waals surface area (Å²) >= 11 is 0. The van der Waals surface area contributed by atoms with E-state index in [1.54, 1.807) is 4.90 Å². The average molecular weight is 293 g/mol. The number of alkyl halides is 1. The molecule has 1 aromatic rings. The van der Waals surface area contributed by atoms with Crippen LogP contribution in [-0.4, -0.2) is 45.9 Å². The van der Waals surface area contributed by atoms with Crippen molar-refractivity contribution in [1.29, 1.82) is 0 Å². The van der Waals surface area contributed by atoms with Gasteiger partial charge < -0.3 is 9.64 Å². The molecule has 0 aromatic carbocycles. The normalized spacial score (nSPS) is 30.7. The summed E-state index contributed by atoms with van der Waals surface area (Å²) in [5.74, 6) is 0.0193. The molecule has 0 spiro atoms. The molecule has 114 valence electrons. The molecule has 1 saturated heterocycles. The Morgan fingerprint density at radius 1 is 1.43 bits per heavy atom.